The van der Waals surface area contributed by atoms with Crippen molar-refractivity contribution in [1.29, 1.82) is 0 Å². The van der Waals surface area contributed by atoms with Crippen molar-refractivity contribution in [3.05, 3.63) is 29.4 Å². The molecule has 3 rings (SSSR count). The Morgan fingerprint density at radius 1 is 1.37 bits per heavy atom. The molecule has 0 radical (unpaired) electrons. The molecule has 0 aliphatic heterocycles. The molecule has 3 heterocycles. The van der Waals surface area contributed by atoms with E-state index in [4.69, 9.17) is 10.3 Å². The molecule has 0 saturated heterocycles. The van der Waals surface area contributed by atoms with Gasteiger partial charge in [-0.25, -0.2) is 4.98 Å². The maximum Gasteiger partial charge on any atom is 0.277 e. The Morgan fingerprint density at radius 2 is 2.26 bits per heavy atom. The van der Waals surface area contributed by atoms with Crippen LogP contribution < -0.4 is 5.73 Å². The topological polar surface area (TPSA) is 90.7 Å². The van der Waals surface area contributed by atoms with Crippen molar-refractivity contribution in [1.82, 2.24) is 20.1 Å². The fraction of sp³-hybridized carbons (Fsp3) is 0.167. The van der Waals surface area contributed by atoms with Crippen LogP contribution in [-0.2, 0) is 6.42 Å². The Kier molecular flexibility index (Phi) is 2.96. The van der Waals surface area contributed by atoms with E-state index in [1.165, 1.54) is 11.3 Å². The van der Waals surface area contributed by atoms with Crippen molar-refractivity contribution >= 4 is 16.5 Å². The lowest BCUT2D eigenvalue weighted by atomic mass is 10.1. The summed E-state index contributed by atoms with van der Waals surface area (Å²) in [6.07, 6.45) is 4.38. The third-order valence-corrected chi connectivity index (χ3v) is 3.37. The number of thiazole rings is 1. The van der Waals surface area contributed by atoms with Crippen LogP contribution in [0.1, 0.15) is 12.5 Å². The highest BCUT2D eigenvalue weighted by atomic mass is 32.1. The van der Waals surface area contributed by atoms with E-state index in [0.717, 1.165) is 17.5 Å². The maximum absolute atomic E-state index is 5.59. The molecule has 0 aliphatic rings. The van der Waals surface area contributed by atoms with Crippen molar-refractivity contribution in [2.45, 2.75) is 13.3 Å². The van der Waals surface area contributed by atoms with Gasteiger partial charge in [0.2, 0.25) is 5.82 Å². The molecular weight excluding hydrogens is 262 g/mol. The highest BCUT2D eigenvalue weighted by Crippen LogP contribution is 2.25. The molecular formula is C12H11N5OS. The van der Waals surface area contributed by atoms with Crippen molar-refractivity contribution in [2.75, 3.05) is 5.73 Å². The predicted molar refractivity (Wildman–Crippen MR) is 72.4 cm³/mol. The van der Waals surface area contributed by atoms with Gasteiger partial charge in [-0.05, 0) is 18.1 Å². The Bertz CT molecular complexity index is 705. The van der Waals surface area contributed by atoms with Crippen molar-refractivity contribution in [3.63, 3.8) is 0 Å². The van der Waals surface area contributed by atoms with Crippen LogP contribution in [0.25, 0.3) is 23.0 Å². The summed E-state index contributed by atoms with van der Waals surface area (Å²) in [5, 5.41) is 6.26. The monoisotopic (exact) mass is 273 g/mol. The predicted octanol–water partition coefficient (Wildman–Crippen LogP) is 2.40. The van der Waals surface area contributed by atoms with Gasteiger partial charge < -0.3 is 10.3 Å². The number of nitrogens with zero attached hydrogens (tertiary/aromatic N) is 4. The van der Waals surface area contributed by atoms with Crippen molar-refractivity contribution < 1.29 is 4.52 Å². The third-order valence-electron chi connectivity index (χ3n) is 2.69. The first kappa shape index (κ1) is 11.8. The maximum atomic E-state index is 5.59. The van der Waals surface area contributed by atoms with E-state index in [1.54, 1.807) is 11.6 Å². The van der Waals surface area contributed by atoms with Gasteiger partial charge in [0.05, 0.1) is 0 Å². The molecule has 7 heteroatoms. The highest BCUT2D eigenvalue weighted by molar-refractivity contribution is 7.13. The van der Waals surface area contributed by atoms with Gasteiger partial charge in [-0.15, -0.1) is 11.3 Å². The Balaban J connectivity index is 2.01. The molecule has 0 amide bonds. The summed E-state index contributed by atoms with van der Waals surface area (Å²) in [5.41, 5.74) is 8.20. The van der Waals surface area contributed by atoms with Gasteiger partial charge in [0.15, 0.2) is 5.13 Å². The van der Waals surface area contributed by atoms with Crippen molar-refractivity contribution in [3.8, 4) is 23.0 Å². The average Bonchev–Trinajstić information content (AvgIpc) is 3.07. The Morgan fingerprint density at radius 3 is 3.00 bits per heavy atom. The van der Waals surface area contributed by atoms with E-state index in [9.17, 15) is 0 Å². The second-order valence-electron chi connectivity index (χ2n) is 3.88. The molecule has 3 aromatic rings. The zero-order valence-corrected chi connectivity index (χ0v) is 11.0. The van der Waals surface area contributed by atoms with Gasteiger partial charge in [-0.3, -0.25) is 4.98 Å². The largest absolute Gasteiger partial charge is 0.375 e. The lowest BCUT2D eigenvalue weighted by Gasteiger charge is -2.00. The van der Waals surface area contributed by atoms with Crippen LogP contribution in [0.4, 0.5) is 5.13 Å². The van der Waals surface area contributed by atoms with Gasteiger partial charge in [0.1, 0.15) is 5.69 Å². The van der Waals surface area contributed by atoms with Gasteiger partial charge in [-0.2, -0.15) is 4.98 Å². The van der Waals surface area contributed by atoms with Crippen LogP contribution >= 0.6 is 11.3 Å². The molecule has 0 saturated carbocycles. The summed E-state index contributed by atoms with van der Waals surface area (Å²) < 4.78 is 5.23. The first-order valence-electron chi connectivity index (χ1n) is 5.76. The molecule has 96 valence electrons. The summed E-state index contributed by atoms with van der Waals surface area (Å²) >= 11 is 1.34. The molecule has 0 aliphatic carbocycles. The fourth-order valence-corrected chi connectivity index (χ4v) is 2.29. The standard InChI is InChI=1S/C12H11N5OS/c1-2-7-5-14-4-3-8(7)10-16-11(18-17-10)9-6-19-12(13)15-9/h3-6H,2H2,1H3,(H2,13,15). The minimum Gasteiger partial charge on any atom is -0.375 e. The quantitative estimate of drug-likeness (QED) is 0.788. The zero-order chi connectivity index (χ0) is 13.2. The molecule has 2 N–H and O–H groups in total. The second-order valence-corrected chi connectivity index (χ2v) is 4.77. The molecule has 0 spiro atoms. The lowest BCUT2D eigenvalue weighted by molar-refractivity contribution is 0.431. The normalized spacial score (nSPS) is 10.8. The number of nitrogen functional groups attached to an aromatic ring is 1. The van der Waals surface area contributed by atoms with Crippen LogP contribution in [0.5, 0.6) is 0 Å². The van der Waals surface area contributed by atoms with E-state index >= 15 is 0 Å². The minimum absolute atomic E-state index is 0.377. The van der Waals surface area contributed by atoms with Crippen LogP contribution in [0.15, 0.2) is 28.4 Å². The molecule has 0 unspecified atom stereocenters. The molecule has 6 nitrogen and oxygen atoms in total. The van der Waals surface area contributed by atoms with Gasteiger partial charge in [0.25, 0.3) is 5.89 Å². The smallest absolute Gasteiger partial charge is 0.277 e. The van der Waals surface area contributed by atoms with E-state index in [2.05, 4.69) is 27.0 Å². The number of anilines is 1. The highest BCUT2D eigenvalue weighted by Gasteiger charge is 2.14. The van der Waals surface area contributed by atoms with Crippen LogP contribution in [0.3, 0.4) is 0 Å². The summed E-state index contributed by atoms with van der Waals surface area (Å²) in [5.74, 6) is 0.919. The van der Waals surface area contributed by atoms with Crippen LogP contribution in [0.2, 0.25) is 0 Å². The Labute approximate surface area is 113 Å². The van der Waals surface area contributed by atoms with E-state index in [-0.39, 0.29) is 0 Å². The van der Waals surface area contributed by atoms with E-state index in [0.29, 0.717) is 22.5 Å². The number of hydrogen-bond acceptors (Lipinski definition) is 7. The van der Waals surface area contributed by atoms with Crippen LogP contribution in [-0.4, -0.2) is 20.1 Å². The number of aromatic nitrogens is 4. The molecule has 0 atom stereocenters. The minimum atomic E-state index is 0.377. The van der Waals surface area contributed by atoms with Crippen molar-refractivity contribution in [2.24, 2.45) is 0 Å². The molecule has 0 aromatic carbocycles. The third kappa shape index (κ3) is 2.19. The number of nitrogens with two attached hydrogens (primary N) is 1. The first-order valence-corrected chi connectivity index (χ1v) is 6.64. The summed E-state index contributed by atoms with van der Waals surface area (Å²) in [7, 11) is 0. The SMILES string of the molecule is CCc1cnccc1-c1noc(-c2csc(N)n2)n1. The first-order chi connectivity index (χ1) is 9.28. The molecule has 0 fully saturated rings. The number of hydrogen-bond donors (Lipinski definition) is 1. The van der Waals surface area contributed by atoms with E-state index < -0.39 is 0 Å². The van der Waals surface area contributed by atoms with Gasteiger partial charge >= 0.3 is 0 Å². The molecule has 3 aromatic heterocycles. The summed E-state index contributed by atoms with van der Waals surface area (Å²) in [6, 6.07) is 1.88. The van der Waals surface area contributed by atoms with Gasteiger partial charge in [-0.1, -0.05) is 12.1 Å². The van der Waals surface area contributed by atoms with Crippen LogP contribution in [0, 0.1) is 0 Å². The summed E-state index contributed by atoms with van der Waals surface area (Å²) in [4.78, 5) is 12.6. The zero-order valence-electron chi connectivity index (χ0n) is 10.2. The summed E-state index contributed by atoms with van der Waals surface area (Å²) in [6.45, 7) is 2.06. The number of aryl methyl sites for hydroxylation is 1. The average molecular weight is 273 g/mol. The van der Waals surface area contributed by atoms with Gasteiger partial charge in [0, 0.05) is 23.3 Å². The molecule has 0 bridgehead atoms. The molecule has 19 heavy (non-hydrogen) atoms. The Hall–Kier alpha value is -2.28. The van der Waals surface area contributed by atoms with E-state index in [1.807, 2.05) is 12.3 Å². The fourth-order valence-electron chi connectivity index (χ4n) is 1.75. The second kappa shape index (κ2) is 4.77. The number of rotatable bonds is 3. The number of pyridine rings is 1. The lowest BCUT2D eigenvalue weighted by Crippen LogP contribution is -1.90.